The summed E-state index contributed by atoms with van der Waals surface area (Å²) in [6, 6.07) is 7.79. The molecule has 144 valence electrons. The summed E-state index contributed by atoms with van der Waals surface area (Å²) in [5, 5.41) is 7.21. The van der Waals surface area contributed by atoms with Crippen molar-refractivity contribution in [3.8, 4) is 5.69 Å². The van der Waals surface area contributed by atoms with E-state index in [-0.39, 0.29) is 23.8 Å². The topological polar surface area (TPSA) is 80.1 Å². The number of piperidine rings is 1. The SMILES string of the molecule is CCCC(=O)N1CCCC(C(=O)NC(C)c2ccc(-n3cncn3)cc2)C1. The van der Waals surface area contributed by atoms with Crippen molar-refractivity contribution < 1.29 is 9.59 Å². The smallest absolute Gasteiger partial charge is 0.225 e. The van der Waals surface area contributed by atoms with Gasteiger partial charge in [0.15, 0.2) is 0 Å². The molecule has 0 aliphatic carbocycles. The van der Waals surface area contributed by atoms with Crippen LogP contribution in [0.25, 0.3) is 5.69 Å². The van der Waals surface area contributed by atoms with E-state index in [4.69, 9.17) is 0 Å². The van der Waals surface area contributed by atoms with Crippen LogP contribution in [-0.2, 0) is 9.59 Å². The van der Waals surface area contributed by atoms with E-state index in [0.717, 1.165) is 37.1 Å². The zero-order valence-corrected chi connectivity index (χ0v) is 16.0. The second kappa shape index (κ2) is 8.79. The Bertz CT molecular complexity index is 757. The summed E-state index contributed by atoms with van der Waals surface area (Å²) in [6.07, 6.45) is 6.26. The van der Waals surface area contributed by atoms with Crippen molar-refractivity contribution in [3.63, 3.8) is 0 Å². The van der Waals surface area contributed by atoms with Crippen LogP contribution in [0.2, 0.25) is 0 Å². The molecular formula is C20H27N5O2. The van der Waals surface area contributed by atoms with Gasteiger partial charge in [0.05, 0.1) is 17.6 Å². The lowest BCUT2D eigenvalue weighted by atomic mass is 9.96. The number of likely N-dealkylation sites (tertiary alicyclic amines) is 1. The predicted octanol–water partition coefficient (Wildman–Crippen LogP) is 2.48. The van der Waals surface area contributed by atoms with E-state index in [2.05, 4.69) is 15.4 Å². The quantitative estimate of drug-likeness (QED) is 0.848. The molecule has 1 aromatic heterocycles. The van der Waals surface area contributed by atoms with Crippen LogP contribution in [0.1, 0.15) is 51.1 Å². The highest BCUT2D eigenvalue weighted by molar-refractivity contribution is 5.81. The first-order valence-corrected chi connectivity index (χ1v) is 9.61. The van der Waals surface area contributed by atoms with Crippen molar-refractivity contribution in [1.82, 2.24) is 25.0 Å². The molecule has 2 aromatic rings. The number of nitrogens with zero attached hydrogens (tertiary/aromatic N) is 4. The molecule has 1 N–H and O–H groups in total. The molecule has 1 aliphatic heterocycles. The van der Waals surface area contributed by atoms with Crippen molar-refractivity contribution in [3.05, 3.63) is 42.5 Å². The molecule has 2 heterocycles. The van der Waals surface area contributed by atoms with E-state index in [0.29, 0.717) is 13.0 Å². The van der Waals surface area contributed by atoms with Crippen LogP contribution in [0, 0.1) is 5.92 Å². The Morgan fingerprint density at radius 2 is 2.07 bits per heavy atom. The lowest BCUT2D eigenvalue weighted by molar-refractivity contribution is -0.135. The van der Waals surface area contributed by atoms with Crippen LogP contribution in [0.5, 0.6) is 0 Å². The van der Waals surface area contributed by atoms with E-state index in [1.165, 1.54) is 6.33 Å². The van der Waals surface area contributed by atoms with Crippen molar-refractivity contribution in [2.24, 2.45) is 5.92 Å². The maximum atomic E-state index is 12.7. The van der Waals surface area contributed by atoms with Crippen molar-refractivity contribution in [2.45, 2.75) is 45.6 Å². The van der Waals surface area contributed by atoms with Gasteiger partial charge in [-0.05, 0) is 43.9 Å². The highest BCUT2D eigenvalue weighted by Gasteiger charge is 2.28. The molecule has 2 atom stereocenters. The fourth-order valence-electron chi connectivity index (χ4n) is 3.46. The molecule has 1 fully saturated rings. The third-order valence-electron chi connectivity index (χ3n) is 5.04. The molecule has 0 saturated carbocycles. The molecule has 1 aromatic carbocycles. The Hall–Kier alpha value is -2.70. The molecule has 7 nitrogen and oxygen atoms in total. The lowest BCUT2D eigenvalue weighted by Gasteiger charge is -2.32. The minimum absolute atomic E-state index is 0.0249. The molecular weight excluding hydrogens is 342 g/mol. The van der Waals surface area contributed by atoms with Gasteiger partial charge in [-0.25, -0.2) is 9.67 Å². The number of carbonyl (C=O) groups excluding carboxylic acids is 2. The Labute approximate surface area is 159 Å². The predicted molar refractivity (Wildman–Crippen MR) is 102 cm³/mol. The number of carbonyl (C=O) groups is 2. The summed E-state index contributed by atoms with van der Waals surface area (Å²) < 4.78 is 1.69. The summed E-state index contributed by atoms with van der Waals surface area (Å²) >= 11 is 0. The molecule has 2 unspecified atom stereocenters. The highest BCUT2D eigenvalue weighted by Crippen LogP contribution is 2.20. The van der Waals surface area contributed by atoms with Gasteiger partial charge in [-0.3, -0.25) is 9.59 Å². The summed E-state index contributed by atoms with van der Waals surface area (Å²) in [6.45, 7) is 5.28. The highest BCUT2D eigenvalue weighted by atomic mass is 16.2. The van der Waals surface area contributed by atoms with Crippen molar-refractivity contribution in [2.75, 3.05) is 13.1 Å². The zero-order chi connectivity index (χ0) is 19.2. The van der Waals surface area contributed by atoms with Gasteiger partial charge < -0.3 is 10.2 Å². The average molecular weight is 369 g/mol. The maximum Gasteiger partial charge on any atom is 0.225 e. The Morgan fingerprint density at radius 1 is 1.30 bits per heavy atom. The third-order valence-corrected chi connectivity index (χ3v) is 5.04. The maximum absolute atomic E-state index is 12.7. The number of rotatable bonds is 6. The Balaban J connectivity index is 1.57. The van der Waals surface area contributed by atoms with Gasteiger partial charge >= 0.3 is 0 Å². The number of nitrogens with one attached hydrogen (secondary N) is 1. The molecule has 0 spiro atoms. The minimum atomic E-state index is -0.128. The monoisotopic (exact) mass is 369 g/mol. The van der Waals surface area contributed by atoms with E-state index in [1.54, 1.807) is 11.0 Å². The number of hydrogen-bond acceptors (Lipinski definition) is 4. The van der Waals surface area contributed by atoms with E-state index in [1.807, 2.05) is 43.0 Å². The average Bonchev–Trinajstić information content (AvgIpc) is 3.23. The Morgan fingerprint density at radius 3 is 2.74 bits per heavy atom. The second-order valence-corrected chi connectivity index (χ2v) is 7.09. The molecule has 3 rings (SSSR count). The van der Waals surface area contributed by atoms with Gasteiger partial charge in [0.1, 0.15) is 12.7 Å². The van der Waals surface area contributed by atoms with Gasteiger partial charge in [-0.15, -0.1) is 0 Å². The van der Waals surface area contributed by atoms with E-state index >= 15 is 0 Å². The fourth-order valence-corrected chi connectivity index (χ4v) is 3.46. The van der Waals surface area contributed by atoms with Crippen LogP contribution in [0.3, 0.4) is 0 Å². The first kappa shape index (κ1) is 19.1. The van der Waals surface area contributed by atoms with Gasteiger partial charge in [0, 0.05) is 19.5 Å². The van der Waals surface area contributed by atoms with Crippen molar-refractivity contribution >= 4 is 11.8 Å². The minimum Gasteiger partial charge on any atom is -0.349 e. The molecule has 0 bridgehead atoms. The molecule has 7 heteroatoms. The van der Waals surface area contributed by atoms with Crippen LogP contribution in [0.4, 0.5) is 0 Å². The largest absolute Gasteiger partial charge is 0.349 e. The summed E-state index contributed by atoms with van der Waals surface area (Å²) in [5.41, 5.74) is 1.95. The second-order valence-electron chi connectivity index (χ2n) is 7.09. The first-order valence-electron chi connectivity index (χ1n) is 9.61. The standard InChI is InChI=1S/C20H27N5O2/c1-3-5-19(26)24-11-4-6-17(12-24)20(27)23-15(2)16-7-9-18(10-8-16)25-14-21-13-22-25/h7-10,13-15,17H,3-6,11-12H2,1-2H3,(H,23,27). The normalized spacial score (nSPS) is 18.1. The summed E-state index contributed by atoms with van der Waals surface area (Å²) in [7, 11) is 0. The van der Waals surface area contributed by atoms with Crippen LogP contribution >= 0.6 is 0 Å². The van der Waals surface area contributed by atoms with Crippen LogP contribution < -0.4 is 5.32 Å². The number of benzene rings is 1. The van der Waals surface area contributed by atoms with Gasteiger partial charge in [-0.2, -0.15) is 5.10 Å². The molecule has 2 amide bonds. The molecule has 27 heavy (non-hydrogen) atoms. The summed E-state index contributed by atoms with van der Waals surface area (Å²) in [4.78, 5) is 30.6. The molecule has 1 saturated heterocycles. The molecule has 1 aliphatic rings. The number of aromatic nitrogens is 3. The third kappa shape index (κ3) is 4.72. The van der Waals surface area contributed by atoms with Crippen molar-refractivity contribution in [1.29, 1.82) is 0 Å². The van der Waals surface area contributed by atoms with E-state index in [9.17, 15) is 9.59 Å². The van der Waals surface area contributed by atoms with Gasteiger partial charge in [0.25, 0.3) is 0 Å². The van der Waals surface area contributed by atoms with Gasteiger partial charge in [-0.1, -0.05) is 19.1 Å². The van der Waals surface area contributed by atoms with Gasteiger partial charge in [0.2, 0.25) is 11.8 Å². The first-order chi connectivity index (χ1) is 13.1. The van der Waals surface area contributed by atoms with Crippen LogP contribution in [-0.4, -0.2) is 44.6 Å². The summed E-state index contributed by atoms with van der Waals surface area (Å²) in [5.74, 6) is 0.0556. The lowest BCUT2D eigenvalue weighted by Crippen LogP contribution is -2.45. The number of hydrogen-bond donors (Lipinski definition) is 1. The van der Waals surface area contributed by atoms with E-state index < -0.39 is 0 Å². The Kier molecular flexibility index (Phi) is 6.21. The number of amides is 2. The molecule has 0 radical (unpaired) electrons. The zero-order valence-electron chi connectivity index (χ0n) is 16.0. The van der Waals surface area contributed by atoms with Crippen LogP contribution in [0.15, 0.2) is 36.9 Å². The fraction of sp³-hybridized carbons (Fsp3) is 0.500.